The normalized spacial score (nSPS) is 19.5. The Kier molecular flexibility index (Phi) is 12.0. The van der Waals surface area contributed by atoms with Gasteiger partial charge in [-0.3, -0.25) is 4.99 Å². The highest BCUT2D eigenvalue weighted by atomic mass is 127. The smallest absolute Gasteiger partial charge is 0.409 e. The number of nitrogens with one attached hydrogen (secondary N) is 1. The molecule has 2 fully saturated rings. The Morgan fingerprint density at radius 2 is 1.69 bits per heavy atom. The lowest BCUT2D eigenvalue weighted by atomic mass is 10.1. The van der Waals surface area contributed by atoms with Gasteiger partial charge in [0.05, 0.1) is 19.3 Å². The molecule has 1 saturated carbocycles. The number of aliphatic imine (C=N–C) groups is 1. The molecule has 26 heavy (non-hydrogen) atoms. The molecule has 1 heterocycles. The highest BCUT2D eigenvalue weighted by Crippen LogP contribution is 2.19. The molecule has 0 radical (unpaired) electrons. The summed E-state index contributed by atoms with van der Waals surface area (Å²) in [5, 5.41) is 3.38. The second kappa shape index (κ2) is 13.4. The molecule has 1 amide bonds. The molecule has 0 aromatic carbocycles. The first-order valence-electron chi connectivity index (χ1n) is 9.73. The molecular formula is C18H35IN4O3. The van der Waals surface area contributed by atoms with E-state index < -0.39 is 0 Å². The van der Waals surface area contributed by atoms with E-state index in [1.165, 1.54) is 38.5 Å². The molecule has 0 atom stereocenters. The maximum Gasteiger partial charge on any atom is 0.409 e. The van der Waals surface area contributed by atoms with Crippen molar-refractivity contribution in [1.82, 2.24) is 15.1 Å². The van der Waals surface area contributed by atoms with Crippen LogP contribution in [0.25, 0.3) is 0 Å². The van der Waals surface area contributed by atoms with Crippen LogP contribution in [-0.2, 0) is 9.47 Å². The number of carbonyl (C=O) groups excluding carboxylic acids is 1. The predicted octanol–water partition coefficient (Wildman–Crippen LogP) is 2.69. The largest absolute Gasteiger partial charge is 0.450 e. The molecule has 0 unspecified atom stereocenters. The Morgan fingerprint density at radius 1 is 1.08 bits per heavy atom. The fourth-order valence-corrected chi connectivity index (χ4v) is 3.44. The second-order valence-electron chi connectivity index (χ2n) is 6.63. The number of nitrogens with zero attached hydrogens (tertiary/aromatic N) is 3. The molecule has 0 aromatic heterocycles. The third-order valence-corrected chi connectivity index (χ3v) is 4.86. The highest BCUT2D eigenvalue weighted by Gasteiger charge is 2.23. The van der Waals surface area contributed by atoms with Crippen molar-refractivity contribution in [1.29, 1.82) is 0 Å². The Balaban J connectivity index is 0.00000338. The molecule has 0 bridgehead atoms. The topological polar surface area (TPSA) is 66.4 Å². The summed E-state index contributed by atoms with van der Waals surface area (Å²) in [5.41, 5.74) is 0. The van der Waals surface area contributed by atoms with E-state index in [0.717, 1.165) is 25.6 Å². The van der Waals surface area contributed by atoms with Gasteiger partial charge in [-0.25, -0.2) is 4.79 Å². The molecular weight excluding hydrogens is 447 g/mol. The van der Waals surface area contributed by atoms with Crippen LogP contribution in [0.2, 0.25) is 0 Å². The van der Waals surface area contributed by atoms with Crippen LogP contribution in [-0.4, -0.2) is 80.9 Å². The molecule has 2 rings (SSSR count). The zero-order valence-corrected chi connectivity index (χ0v) is 18.6. The number of ether oxygens (including phenoxy) is 2. The van der Waals surface area contributed by atoms with Crippen molar-refractivity contribution in [3.8, 4) is 0 Å². The molecule has 0 aromatic rings. The number of carbonyl (C=O) groups is 1. The quantitative estimate of drug-likeness (QED) is 0.215. The van der Waals surface area contributed by atoms with Gasteiger partial charge in [-0.1, -0.05) is 25.7 Å². The predicted molar refractivity (Wildman–Crippen MR) is 114 cm³/mol. The molecule has 1 N–H and O–H groups in total. The Labute approximate surface area is 174 Å². The van der Waals surface area contributed by atoms with Crippen LogP contribution in [0, 0.1) is 0 Å². The van der Waals surface area contributed by atoms with Crippen molar-refractivity contribution in [3.63, 3.8) is 0 Å². The number of hydrogen-bond donors (Lipinski definition) is 1. The molecule has 1 aliphatic carbocycles. The SMILES string of the molecule is CCOC(=O)N1CCN(C(=NC)NCCOC2CCCCCC2)CC1.I. The van der Waals surface area contributed by atoms with Gasteiger partial charge in [0.1, 0.15) is 0 Å². The molecule has 2 aliphatic rings. The first kappa shape index (κ1) is 23.3. The number of amides is 1. The van der Waals surface area contributed by atoms with E-state index in [0.29, 0.717) is 32.4 Å². The van der Waals surface area contributed by atoms with Crippen LogP contribution < -0.4 is 5.32 Å². The molecule has 0 spiro atoms. The first-order valence-corrected chi connectivity index (χ1v) is 9.73. The summed E-state index contributed by atoms with van der Waals surface area (Å²) in [5.74, 6) is 0.882. The standard InChI is InChI=1S/C18H34N4O3.HI/c1-3-24-18(23)22-13-11-21(12-14-22)17(19-2)20-10-15-25-16-8-6-4-5-7-9-16;/h16H,3-15H2,1-2H3,(H,19,20);1H. The number of halogens is 1. The minimum Gasteiger partial charge on any atom is -0.450 e. The average molecular weight is 482 g/mol. The van der Waals surface area contributed by atoms with Gasteiger partial charge in [-0.05, 0) is 19.8 Å². The summed E-state index contributed by atoms with van der Waals surface area (Å²) >= 11 is 0. The third kappa shape index (κ3) is 7.85. The van der Waals surface area contributed by atoms with Crippen molar-refractivity contribution >= 4 is 36.0 Å². The summed E-state index contributed by atoms with van der Waals surface area (Å²) < 4.78 is 11.1. The van der Waals surface area contributed by atoms with Crippen molar-refractivity contribution < 1.29 is 14.3 Å². The number of guanidine groups is 1. The Hall–Kier alpha value is -0.770. The fourth-order valence-electron chi connectivity index (χ4n) is 3.44. The maximum absolute atomic E-state index is 11.8. The minimum absolute atomic E-state index is 0. The lowest BCUT2D eigenvalue weighted by Crippen LogP contribution is -2.54. The Bertz CT molecular complexity index is 421. The number of piperazine rings is 1. The molecule has 1 saturated heterocycles. The van der Waals surface area contributed by atoms with Gasteiger partial charge >= 0.3 is 6.09 Å². The lowest BCUT2D eigenvalue weighted by molar-refractivity contribution is 0.0464. The van der Waals surface area contributed by atoms with Gasteiger partial charge in [0.2, 0.25) is 0 Å². The number of hydrogen-bond acceptors (Lipinski definition) is 4. The van der Waals surface area contributed by atoms with E-state index in [1.807, 2.05) is 6.92 Å². The van der Waals surface area contributed by atoms with Crippen molar-refractivity contribution in [3.05, 3.63) is 0 Å². The first-order chi connectivity index (χ1) is 12.2. The second-order valence-corrected chi connectivity index (χ2v) is 6.63. The van der Waals surface area contributed by atoms with Gasteiger partial charge in [-0.2, -0.15) is 0 Å². The van der Waals surface area contributed by atoms with E-state index in [9.17, 15) is 4.79 Å². The van der Waals surface area contributed by atoms with E-state index in [-0.39, 0.29) is 30.1 Å². The fraction of sp³-hybridized carbons (Fsp3) is 0.889. The lowest BCUT2D eigenvalue weighted by Gasteiger charge is -2.35. The minimum atomic E-state index is -0.220. The number of rotatable bonds is 5. The van der Waals surface area contributed by atoms with E-state index in [2.05, 4.69) is 15.2 Å². The molecule has 8 heteroatoms. The highest BCUT2D eigenvalue weighted by molar-refractivity contribution is 14.0. The van der Waals surface area contributed by atoms with E-state index in [4.69, 9.17) is 9.47 Å². The van der Waals surface area contributed by atoms with Crippen molar-refractivity contribution in [2.45, 2.75) is 51.6 Å². The van der Waals surface area contributed by atoms with Gasteiger partial charge < -0.3 is 24.6 Å². The summed E-state index contributed by atoms with van der Waals surface area (Å²) in [6, 6.07) is 0. The van der Waals surface area contributed by atoms with Crippen molar-refractivity contribution in [2.24, 2.45) is 4.99 Å². The summed E-state index contributed by atoms with van der Waals surface area (Å²) in [6.07, 6.45) is 7.90. The van der Waals surface area contributed by atoms with Gasteiger partial charge in [0.15, 0.2) is 5.96 Å². The van der Waals surface area contributed by atoms with Crippen molar-refractivity contribution in [2.75, 3.05) is 53.0 Å². The monoisotopic (exact) mass is 482 g/mol. The van der Waals surface area contributed by atoms with E-state index >= 15 is 0 Å². The maximum atomic E-state index is 11.8. The van der Waals surface area contributed by atoms with Gasteiger partial charge in [0.25, 0.3) is 0 Å². The van der Waals surface area contributed by atoms with E-state index in [1.54, 1.807) is 11.9 Å². The zero-order chi connectivity index (χ0) is 17.9. The summed E-state index contributed by atoms with van der Waals surface area (Å²) in [6.45, 7) is 6.59. The van der Waals surface area contributed by atoms with Gasteiger partial charge in [0, 0.05) is 39.8 Å². The van der Waals surface area contributed by atoms with Crippen LogP contribution in [0.4, 0.5) is 4.79 Å². The summed E-state index contributed by atoms with van der Waals surface area (Å²) in [7, 11) is 1.80. The van der Waals surface area contributed by atoms with Crippen LogP contribution in [0.5, 0.6) is 0 Å². The van der Waals surface area contributed by atoms with Crippen LogP contribution >= 0.6 is 24.0 Å². The molecule has 1 aliphatic heterocycles. The van der Waals surface area contributed by atoms with Crippen LogP contribution in [0.3, 0.4) is 0 Å². The molecule has 7 nitrogen and oxygen atoms in total. The third-order valence-electron chi connectivity index (χ3n) is 4.86. The molecule has 152 valence electrons. The Morgan fingerprint density at radius 3 is 2.27 bits per heavy atom. The van der Waals surface area contributed by atoms with Crippen LogP contribution in [0.1, 0.15) is 45.4 Å². The summed E-state index contributed by atoms with van der Waals surface area (Å²) in [4.78, 5) is 20.0. The average Bonchev–Trinajstić information content (AvgIpc) is 2.91. The van der Waals surface area contributed by atoms with Gasteiger partial charge in [-0.15, -0.1) is 24.0 Å². The zero-order valence-electron chi connectivity index (χ0n) is 16.2. The van der Waals surface area contributed by atoms with Crippen LogP contribution in [0.15, 0.2) is 4.99 Å².